The van der Waals surface area contributed by atoms with Crippen LogP contribution in [0.4, 0.5) is 11.4 Å². The third-order valence-corrected chi connectivity index (χ3v) is 2.38. The molecule has 0 fully saturated rings. The van der Waals surface area contributed by atoms with E-state index in [4.69, 9.17) is 12.2 Å². The maximum absolute atomic E-state index is 10.9. The molecule has 0 atom stereocenters. The normalized spacial score (nSPS) is 10.0. The molecular weight excluding hydrogens is 246 g/mol. The molecule has 0 spiro atoms. The molecule has 0 aliphatic carbocycles. The first-order chi connectivity index (χ1) is 8.47. The van der Waals surface area contributed by atoms with E-state index >= 15 is 0 Å². The van der Waals surface area contributed by atoms with Crippen LogP contribution in [0.1, 0.15) is 20.8 Å². The van der Waals surface area contributed by atoms with Crippen LogP contribution in [0.25, 0.3) is 0 Å². The van der Waals surface area contributed by atoms with Crippen LogP contribution >= 0.6 is 12.2 Å². The number of nitrogens with one attached hydrogen (secondary N) is 3. The monoisotopic (exact) mass is 265 g/mol. The summed E-state index contributed by atoms with van der Waals surface area (Å²) in [7, 11) is 0. The van der Waals surface area contributed by atoms with Crippen LogP contribution in [0.3, 0.4) is 0 Å². The molecular formula is C13H19N3OS. The van der Waals surface area contributed by atoms with Gasteiger partial charge in [0.2, 0.25) is 5.91 Å². The summed E-state index contributed by atoms with van der Waals surface area (Å²) in [6.45, 7) is 6.57. The molecule has 1 aromatic rings. The number of thiocarbonyl (C=S) groups is 1. The first kappa shape index (κ1) is 14.4. The standard InChI is InChI=1S/C13H19N3OS/c1-9(2)8-14-13(18)16-12-6-4-11(5-7-12)15-10(3)17/h4-7,9H,8H2,1-3H3,(H,15,17)(H2,14,16,18). The Bertz CT molecular complexity index is 415. The quantitative estimate of drug-likeness (QED) is 0.732. The summed E-state index contributed by atoms with van der Waals surface area (Å²) >= 11 is 5.17. The van der Waals surface area contributed by atoms with Crippen LogP contribution in [0.5, 0.6) is 0 Å². The Morgan fingerprint density at radius 1 is 1.17 bits per heavy atom. The average molecular weight is 265 g/mol. The van der Waals surface area contributed by atoms with Gasteiger partial charge in [-0.3, -0.25) is 4.79 Å². The molecule has 0 saturated heterocycles. The third kappa shape index (κ3) is 5.63. The molecule has 1 aromatic carbocycles. The zero-order valence-electron chi connectivity index (χ0n) is 10.9. The van der Waals surface area contributed by atoms with E-state index in [0.717, 1.165) is 17.9 Å². The van der Waals surface area contributed by atoms with Crippen molar-refractivity contribution < 1.29 is 4.79 Å². The lowest BCUT2D eigenvalue weighted by atomic mass is 10.2. The first-order valence-electron chi connectivity index (χ1n) is 5.90. The van der Waals surface area contributed by atoms with E-state index in [-0.39, 0.29) is 5.91 Å². The van der Waals surface area contributed by atoms with E-state index in [2.05, 4.69) is 29.8 Å². The number of amides is 1. The van der Waals surface area contributed by atoms with E-state index in [0.29, 0.717) is 11.0 Å². The molecule has 1 amide bonds. The number of carbonyl (C=O) groups excluding carboxylic acids is 1. The molecule has 0 heterocycles. The van der Waals surface area contributed by atoms with Gasteiger partial charge in [0.1, 0.15) is 0 Å². The highest BCUT2D eigenvalue weighted by Crippen LogP contribution is 2.13. The Morgan fingerprint density at radius 2 is 1.67 bits per heavy atom. The molecule has 0 aliphatic heterocycles. The highest BCUT2D eigenvalue weighted by molar-refractivity contribution is 7.80. The van der Waals surface area contributed by atoms with Gasteiger partial charge in [0.25, 0.3) is 0 Å². The van der Waals surface area contributed by atoms with Gasteiger partial charge in [0.15, 0.2) is 5.11 Å². The van der Waals surface area contributed by atoms with Crippen LogP contribution < -0.4 is 16.0 Å². The van der Waals surface area contributed by atoms with Gasteiger partial charge in [-0.15, -0.1) is 0 Å². The second-order valence-electron chi connectivity index (χ2n) is 4.49. The van der Waals surface area contributed by atoms with Gasteiger partial charge < -0.3 is 16.0 Å². The Morgan fingerprint density at radius 3 is 2.11 bits per heavy atom. The number of anilines is 2. The predicted octanol–water partition coefficient (Wildman–Crippen LogP) is 2.59. The molecule has 0 radical (unpaired) electrons. The van der Waals surface area contributed by atoms with Gasteiger partial charge in [-0.2, -0.15) is 0 Å². The van der Waals surface area contributed by atoms with Gasteiger partial charge in [-0.25, -0.2) is 0 Å². The van der Waals surface area contributed by atoms with Crippen molar-refractivity contribution in [3.8, 4) is 0 Å². The summed E-state index contributed by atoms with van der Waals surface area (Å²) in [6.07, 6.45) is 0. The van der Waals surface area contributed by atoms with Crippen molar-refractivity contribution in [3.05, 3.63) is 24.3 Å². The van der Waals surface area contributed by atoms with Gasteiger partial charge in [0.05, 0.1) is 0 Å². The first-order valence-corrected chi connectivity index (χ1v) is 6.30. The van der Waals surface area contributed by atoms with Crippen molar-refractivity contribution in [2.24, 2.45) is 5.92 Å². The van der Waals surface area contributed by atoms with E-state index in [1.807, 2.05) is 24.3 Å². The zero-order valence-corrected chi connectivity index (χ0v) is 11.7. The summed E-state index contributed by atoms with van der Waals surface area (Å²) in [5.41, 5.74) is 1.67. The lowest BCUT2D eigenvalue weighted by Gasteiger charge is -2.12. The molecule has 5 heteroatoms. The highest BCUT2D eigenvalue weighted by Gasteiger charge is 2.00. The zero-order chi connectivity index (χ0) is 13.5. The number of benzene rings is 1. The van der Waals surface area contributed by atoms with Crippen molar-refractivity contribution in [1.82, 2.24) is 5.32 Å². The van der Waals surface area contributed by atoms with Crippen LogP contribution in [-0.4, -0.2) is 17.6 Å². The van der Waals surface area contributed by atoms with Crippen molar-refractivity contribution in [3.63, 3.8) is 0 Å². The molecule has 0 unspecified atom stereocenters. The van der Waals surface area contributed by atoms with E-state index in [1.165, 1.54) is 6.92 Å². The smallest absolute Gasteiger partial charge is 0.221 e. The van der Waals surface area contributed by atoms with Gasteiger partial charge in [0, 0.05) is 24.8 Å². The van der Waals surface area contributed by atoms with Gasteiger partial charge in [-0.1, -0.05) is 13.8 Å². The minimum atomic E-state index is -0.0789. The largest absolute Gasteiger partial charge is 0.362 e. The van der Waals surface area contributed by atoms with Gasteiger partial charge >= 0.3 is 0 Å². The molecule has 98 valence electrons. The molecule has 0 bridgehead atoms. The minimum absolute atomic E-state index is 0.0789. The van der Waals surface area contributed by atoms with Crippen LogP contribution in [0.15, 0.2) is 24.3 Å². The number of rotatable bonds is 4. The fraction of sp³-hybridized carbons (Fsp3) is 0.385. The van der Waals surface area contributed by atoms with Crippen molar-refractivity contribution >= 4 is 34.6 Å². The van der Waals surface area contributed by atoms with E-state index in [1.54, 1.807) is 0 Å². The predicted molar refractivity (Wildman–Crippen MR) is 79.8 cm³/mol. The summed E-state index contributed by atoms with van der Waals surface area (Å²) in [5, 5.41) is 9.53. The van der Waals surface area contributed by atoms with Crippen molar-refractivity contribution in [1.29, 1.82) is 0 Å². The van der Waals surface area contributed by atoms with E-state index < -0.39 is 0 Å². The maximum Gasteiger partial charge on any atom is 0.221 e. The van der Waals surface area contributed by atoms with E-state index in [9.17, 15) is 4.79 Å². The minimum Gasteiger partial charge on any atom is -0.362 e. The highest BCUT2D eigenvalue weighted by atomic mass is 32.1. The second-order valence-corrected chi connectivity index (χ2v) is 4.90. The van der Waals surface area contributed by atoms with Crippen LogP contribution in [0.2, 0.25) is 0 Å². The molecule has 18 heavy (non-hydrogen) atoms. The Balaban J connectivity index is 2.48. The fourth-order valence-corrected chi connectivity index (χ4v) is 1.51. The maximum atomic E-state index is 10.9. The second kappa shape index (κ2) is 6.96. The Kier molecular flexibility index (Phi) is 5.58. The van der Waals surface area contributed by atoms with Crippen LogP contribution in [0, 0.1) is 5.92 Å². The summed E-state index contributed by atoms with van der Waals surface area (Å²) in [4.78, 5) is 10.9. The van der Waals surface area contributed by atoms with Crippen molar-refractivity contribution in [2.45, 2.75) is 20.8 Å². The summed E-state index contributed by atoms with van der Waals surface area (Å²) in [6, 6.07) is 7.40. The average Bonchev–Trinajstić information content (AvgIpc) is 2.28. The Hall–Kier alpha value is -1.62. The lowest BCUT2D eigenvalue weighted by molar-refractivity contribution is -0.114. The van der Waals surface area contributed by atoms with Crippen LogP contribution in [-0.2, 0) is 4.79 Å². The molecule has 1 rings (SSSR count). The summed E-state index contributed by atoms with van der Waals surface area (Å²) in [5.74, 6) is 0.469. The summed E-state index contributed by atoms with van der Waals surface area (Å²) < 4.78 is 0. The van der Waals surface area contributed by atoms with Gasteiger partial charge in [-0.05, 0) is 42.4 Å². The topological polar surface area (TPSA) is 53.2 Å². The third-order valence-electron chi connectivity index (χ3n) is 2.13. The number of carbonyl (C=O) groups is 1. The number of hydrogen-bond acceptors (Lipinski definition) is 2. The molecule has 0 saturated carbocycles. The molecule has 3 N–H and O–H groups in total. The lowest BCUT2D eigenvalue weighted by Crippen LogP contribution is -2.31. The Labute approximate surface area is 113 Å². The number of hydrogen-bond donors (Lipinski definition) is 3. The SMILES string of the molecule is CC(=O)Nc1ccc(NC(=S)NCC(C)C)cc1. The molecule has 0 aromatic heterocycles. The fourth-order valence-electron chi connectivity index (χ4n) is 1.31. The van der Waals surface area contributed by atoms with Crippen molar-refractivity contribution in [2.75, 3.05) is 17.2 Å². The molecule has 4 nitrogen and oxygen atoms in total. The molecule has 0 aliphatic rings.